The molecule has 0 aliphatic carbocycles. The lowest BCUT2D eigenvalue weighted by Gasteiger charge is -2.34. The van der Waals surface area contributed by atoms with Crippen LogP contribution in [0.1, 0.15) is 12.0 Å². The number of fused-ring (bicyclic) bond motifs is 1. The van der Waals surface area contributed by atoms with Gasteiger partial charge in [0.1, 0.15) is 17.7 Å². The van der Waals surface area contributed by atoms with Crippen LogP contribution in [0.3, 0.4) is 0 Å². The molecule has 10 nitrogen and oxygen atoms in total. The van der Waals surface area contributed by atoms with Crippen LogP contribution >= 0.6 is 0 Å². The number of anilines is 3. The van der Waals surface area contributed by atoms with Crippen molar-refractivity contribution in [3.8, 4) is 17.0 Å². The smallest absolute Gasteiger partial charge is 0.222 e. The molecule has 1 unspecified atom stereocenters. The molecular weight excluding hydrogens is 456 g/mol. The number of nitrogen functional groups attached to an aromatic ring is 2. The third kappa shape index (κ3) is 4.11. The minimum atomic E-state index is -0.130. The highest BCUT2D eigenvalue weighted by molar-refractivity contribution is 6.01. The van der Waals surface area contributed by atoms with Crippen molar-refractivity contribution in [2.75, 3.05) is 43.2 Å². The molecule has 10 heteroatoms. The molecule has 1 saturated heterocycles. The van der Waals surface area contributed by atoms with Crippen molar-refractivity contribution in [3.05, 3.63) is 60.3 Å². The zero-order chi connectivity index (χ0) is 24.6. The molecule has 182 valence electrons. The molecule has 0 bridgehead atoms. The highest BCUT2D eigenvalue weighted by Crippen LogP contribution is 2.30. The van der Waals surface area contributed by atoms with E-state index >= 15 is 0 Å². The minimum absolute atomic E-state index is 0.130. The summed E-state index contributed by atoms with van der Waals surface area (Å²) in [5.41, 5.74) is 17.8. The Balaban J connectivity index is 1.19. The molecule has 6 rings (SSSR count). The maximum Gasteiger partial charge on any atom is 0.222 e. The molecule has 1 atom stereocenters. The fourth-order valence-electron chi connectivity index (χ4n) is 4.65. The van der Waals surface area contributed by atoms with Crippen LogP contribution in [0.2, 0.25) is 0 Å². The maximum absolute atomic E-state index is 6.12. The molecule has 2 aromatic carbocycles. The molecule has 1 fully saturated rings. The Hall–Kier alpha value is -4.44. The largest absolute Gasteiger partial charge is 0.497 e. The lowest BCUT2D eigenvalue weighted by Crippen LogP contribution is -2.46. The summed E-state index contributed by atoms with van der Waals surface area (Å²) < 4.78 is 11.4. The molecule has 36 heavy (non-hydrogen) atoms. The van der Waals surface area contributed by atoms with Crippen LogP contribution in [0.5, 0.6) is 5.75 Å². The summed E-state index contributed by atoms with van der Waals surface area (Å²) in [6.45, 7) is 1.91. The zero-order valence-electron chi connectivity index (χ0n) is 19.8. The number of aromatic nitrogens is 4. The second kappa shape index (κ2) is 8.97. The number of hydrogen-bond acceptors (Lipinski definition) is 9. The number of H-pyrrole nitrogens is 1. The molecule has 0 saturated carbocycles. The lowest BCUT2D eigenvalue weighted by molar-refractivity contribution is 0.0829. The van der Waals surface area contributed by atoms with Crippen LogP contribution in [0.25, 0.3) is 27.7 Å². The number of nitrogens with two attached hydrogens (primary N) is 2. The number of morpholine rings is 1. The van der Waals surface area contributed by atoms with Crippen molar-refractivity contribution in [1.82, 2.24) is 20.2 Å². The van der Waals surface area contributed by atoms with Crippen molar-refractivity contribution in [2.45, 2.75) is 12.5 Å². The number of allylic oxidation sites excluding steroid dienone is 1. The Morgan fingerprint density at radius 3 is 2.72 bits per heavy atom. The Labute approximate surface area is 207 Å². The standard InChI is InChI=1S/C26H26N8O2/c1-35-18-5-2-15(3-6-18)17-11-22(29-13-17)23-14-34(8-9-36-23)24-12-20(30-26(28)31-24)16-4-7-19-21(10-16)32-33-25(19)27/h2-7,10,12-13,23H,8-9,11,14H2,1H3,(H3,27,32,33)(H2,28,30,31). The number of nitrogens with one attached hydrogen (secondary N) is 1. The van der Waals surface area contributed by atoms with E-state index in [0.29, 0.717) is 25.5 Å². The summed E-state index contributed by atoms with van der Waals surface area (Å²) >= 11 is 0. The number of hydrogen-bond donors (Lipinski definition) is 3. The van der Waals surface area contributed by atoms with E-state index in [2.05, 4.69) is 37.2 Å². The fourth-order valence-corrected chi connectivity index (χ4v) is 4.65. The minimum Gasteiger partial charge on any atom is -0.497 e. The second-order valence-corrected chi connectivity index (χ2v) is 8.82. The number of rotatable bonds is 5. The van der Waals surface area contributed by atoms with Crippen LogP contribution in [0.15, 0.2) is 59.7 Å². The molecular formula is C26H26N8O2. The lowest BCUT2D eigenvalue weighted by atomic mass is 10.00. The molecule has 0 spiro atoms. The van der Waals surface area contributed by atoms with Crippen LogP contribution in [0.4, 0.5) is 17.6 Å². The van der Waals surface area contributed by atoms with Gasteiger partial charge in [-0.25, -0.2) is 4.98 Å². The summed E-state index contributed by atoms with van der Waals surface area (Å²) in [6, 6.07) is 15.8. The third-order valence-corrected chi connectivity index (χ3v) is 6.60. The number of benzene rings is 2. The van der Waals surface area contributed by atoms with E-state index in [-0.39, 0.29) is 12.1 Å². The predicted molar refractivity (Wildman–Crippen MR) is 141 cm³/mol. The summed E-state index contributed by atoms with van der Waals surface area (Å²) in [5.74, 6) is 2.29. The summed E-state index contributed by atoms with van der Waals surface area (Å²) in [6.07, 6.45) is 2.54. The Morgan fingerprint density at radius 1 is 1.06 bits per heavy atom. The summed E-state index contributed by atoms with van der Waals surface area (Å²) in [7, 11) is 1.67. The first-order chi connectivity index (χ1) is 17.6. The normalized spacial score (nSPS) is 17.8. The molecule has 0 amide bonds. The summed E-state index contributed by atoms with van der Waals surface area (Å²) in [5, 5.41) is 7.89. The quantitative estimate of drug-likeness (QED) is 0.394. The van der Waals surface area contributed by atoms with Gasteiger partial charge in [-0.05, 0) is 35.4 Å². The first kappa shape index (κ1) is 22.1. The SMILES string of the molecule is COc1ccc(C2=CN=C(C3CN(c4cc(-c5ccc6c(N)n[nH]c6c5)nc(N)n4)CCO3)C2)cc1. The molecule has 5 N–H and O–H groups in total. The van der Waals surface area contributed by atoms with Crippen LogP contribution in [-0.2, 0) is 4.74 Å². The monoisotopic (exact) mass is 482 g/mol. The number of methoxy groups -OCH3 is 1. The Bertz CT molecular complexity index is 1490. The van der Waals surface area contributed by atoms with Crippen molar-refractivity contribution in [1.29, 1.82) is 0 Å². The number of nitrogens with zero attached hydrogens (tertiary/aromatic N) is 5. The van der Waals surface area contributed by atoms with Crippen molar-refractivity contribution < 1.29 is 9.47 Å². The van der Waals surface area contributed by atoms with E-state index in [1.807, 2.05) is 42.6 Å². The van der Waals surface area contributed by atoms with E-state index in [0.717, 1.165) is 57.0 Å². The summed E-state index contributed by atoms with van der Waals surface area (Å²) in [4.78, 5) is 15.9. The first-order valence-corrected chi connectivity index (χ1v) is 11.7. The van der Waals surface area contributed by atoms with E-state index in [9.17, 15) is 0 Å². The van der Waals surface area contributed by atoms with Crippen LogP contribution in [-0.4, -0.2) is 58.8 Å². The highest BCUT2D eigenvalue weighted by atomic mass is 16.5. The molecule has 0 radical (unpaired) electrons. The number of aromatic amines is 1. The van der Waals surface area contributed by atoms with Gasteiger partial charge in [0.2, 0.25) is 5.95 Å². The fraction of sp³-hybridized carbons (Fsp3) is 0.231. The van der Waals surface area contributed by atoms with Gasteiger partial charge >= 0.3 is 0 Å². The van der Waals surface area contributed by atoms with Gasteiger partial charge in [-0.1, -0.05) is 18.2 Å². The molecule has 2 aromatic heterocycles. The van der Waals surface area contributed by atoms with Crippen molar-refractivity contribution in [3.63, 3.8) is 0 Å². The number of aliphatic imine (C=N–C) groups is 1. The number of ether oxygens (including phenoxy) is 2. The third-order valence-electron chi connectivity index (χ3n) is 6.60. The van der Waals surface area contributed by atoms with Crippen molar-refractivity contribution in [2.24, 2.45) is 4.99 Å². The Morgan fingerprint density at radius 2 is 1.89 bits per heavy atom. The zero-order valence-corrected chi connectivity index (χ0v) is 19.8. The van der Waals surface area contributed by atoms with Gasteiger partial charge in [-0.2, -0.15) is 10.1 Å². The van der Waals surface area contributed by atoms with Gasteiger partial charge < -0.3 is 25.8 Å². The van der Waals surface area contributed by atoms with E-state index in [1.54, 1.807) is 7.11 Å². The maximum atomic E-state index is 6.12. The van der Waals surface area contributed by atoms with Crippen LogP contribution in [0, 0.1) is 0 Å². The van der Waals surface area contributed by atoms with E-state index < -0.39 is 0 Å². The molecule has 2 aliphatic rings. The van der Waals surface area contributed by atoms with Gasteiger partial charge in [-0.15, -0.1) is 0 Å². The highest BCUT2D eigenvalue weighted by Gasteiger charge is 2.28. The van der Waals surface area contributed by atoms with Crippen LogP contribution < -0.4 is 21.1 Å². The van der Waals surface area contributed by atoms with Gasteiger partial charge in [0, 0.05) is 36.2 Å². The average Bonchev–Trinajstić information content (AvgIpc) is 3.56. The average molecular weight is 483 g/mol. The first-order valence-electron chi connectivity index (χ1n) is 11.7. The molecule has 4 aromatic rings. The van der Waals surface area contributed by atoms with E-state index in [4.69, 9.17) is 25.9 Å². The van der Waals surface area contributed by atoms with Gasteiger partial charge in [-0.3, -0.25) is 10.1 Å². The van der Waals surface area contributed by atoms with E-state index in [1.165, 1.54) is 0 Å². The topological polar surface area (TPSA) is 141 Å². The second-order valence-electron chi connectivity index (χ2n) is 8.82. The van der Waals surface area contributed by atoms with Gasteiger partial charge in [0.05, 0.1) is 37.2 Å². The molecule has 2 aliphatic heterocycles. The predicted octanol–water partition coefficient (Wildman–Crippen LogP) is 3.28. The molecule has 4 heterocycles. The Kier molecular flexibility index (Phi) is 5.49. The van der Waals surface area contributed by atoms with Gasteiger partial charge in [0.25, 0.3) is 0 Å². The van der Waals surface area contributed by atoms with Gasteiger partial charge in [0.15, 0.2) is 5.82 Å². The van der Waals surface area contributed by atoms with Crippen molar-refractivity contribution >= 4 is 39.8 Å².